The quantitative estimate of drug-likeness (QED) is 0.502. The first-order valence-corrected chi connectivity index (χ1v) is 6.05. The number of rotatable bonds is 4. The predicted molar refractivity (Wildman–Crippen MR) is 72.5 cm³/mol. The van der Waals surface area contributed by atoms with E-state index in [1.165, 1.54) is 30.7 Å². The van der Waals surface area contributed by atoms with Crippen molar-refractivity contribution in [3.8, 4) is 11.5 Å². The van der Waals surface area contributed by atoms with E-state index in [1.54, 1.807) is 0 Å². The normalized spacial score (nSPS) is 10.6. The predicted octanol–water partition coefficient (Wildman–Crippen LogP) is 1.70. The van der Waals surface area contributed by atoms with Crippen LogP contribution in [-0.4, -0.2) is 30.7 Å². The summed E-state index contributed by atoms with van der Waals surface area (Å²) in [6.45, 7) is 2.76. The van der Waals surface area contributed by atoms with Gasteiger partial charge in [-0.2, -0.15) is 5.10 Å². The Kier molecular flexibility index (Phi) is 3.62. The number of carbonyl (C=O) groups is 1. The molecular formula is C13H13N3O5. The van der Waals surface area contributed by atoms with Crippen molar-refractivity contribution in [2.45, 2.75) is 20.4 Å². The number of hydrogen-bond acceptors (Lipinski definition) is 6. The molecule has 1 aromatic heterocycles. The largest absolute Gasteiger partial charge is 0.508 e. The lowest BCUT2D eigenvalue weighted by Crippen LogP contribution is -2.13. The topological polar surface area (TPSA) is 118 Å². The standard InChI is InChI=1S/C13H13N3O5/c1-7-13(16(20)21)8(2)15(14-7)6-12(19)10-4-3-9(17)5-11(10)18/h3-5,17-18H,6H2,1-2H3. The highest BCUT2D eigenvalue weighted by molar-refractivity contribution is 5.98. The molecule has 0 bridgehead atoms. The number of benzene rings is 1. The molecule has 0 aliphatic heterocycles. The smallest absolute Gasteiger partial charge is 0.312 e. The van der Waals surface area contributed by atoms with Crippen molar-refractivity contribution in [1.82, 2.24) is 9.78 Å². The third-order valence-corrected chi connectivity index (χ3v) is 3.10. The molecule has 2 aromatic rings. The van der Waals surface area contributed by atoms with Crippen molar-refractivity contribution in [1.29, 1.82) is 0 Å². The van der Waals surface area contributed by atoms with E-state index in [1.807, 2.05) is 0 Å². The highest BCUT2D eigenvalue weighted by Crippen LogP contribution is 2.25. The van der Waals surface area contributed by atoms with Gasteiger partial charge in [-0.05, 0) is 26.0 Å². The van der Waals surface area contributed by atoms with Gasteiger partial charge < -0.3 is 10.2 Å². The van der Waals surface area contributed by atoms with Crippen molar-refractivity contribution < 1.29 is 19.9 Å². The molecule has 0 saturated heterocycles. The van der Waals surface area contributed by atoms with Crippen molar-refractivity contribution in [3.05, 3.63) is 45.3 Å². The number of aromatic hydroxyl groups is 2. The number of carbonyl (C=O) groups excluding carboxylic acids is 1. The summed E-state index contributed by atoms with van der Waals surface area (Å²) in [5.41, 5.74) is 0.380. The fraction of sp³-hybridized carbons (Fsp3) is 0.231. The minimum absolute atomic E-state index is 0.0167. The summed E-state index contributed by atoms with van der Waals surface area (Å²) in [5, 5.41) is 33.7. The van der Waals surface area contributed by atoms with Gasteiger partial charge in [0.05, 0.1) is 10.5 Å². The van der Waals surface area contributed by atoms with E-state index in [9.17, 15) is 25.1 Å². The zero-order valence-electron chi connectivity index (χ0n) is 11.4. The van der Waals surface area contributed by atoms with Gasteiger partial charge in [0.15, 0.2) is 5.78 Å². The Morgan fingerprint density at radius 1 is 1.38 bits per heavy atom. The lowest BCUT2D eigenvalue weighted by molar-refractivity contribution is -0.386. The van der Waals surface area contributed by atoms with Crippen LogP contribution >= 0.6 is 0 Å². The number of aromatic nitrogens is 2. The van der Waals surface area contributed by atoms with Crippen LogP contribution in [0.15, 0.2) is 18.2 Å². The van der Waals surface area contributed by atoms with Crippen LogP contribution in [0.25, 0.3) is 0 Å². The van der Waals surface area contributed by atoms with Crippen LogP contribution in [0.3, 0.4) is 0 Å². The maximum atomic E-state index is 12.1. The highest BCUT2D eigenvalue weighted by atomic mass is 16.6. The summed E-state index contributed by atoms with van der Waals surface area (Å²) < 4.78 is 1.22. The number of hydrogen-bond donors (Lipinski definition) is 2. The highest BCUT2D eigenvalue weighted by Gasteiger charge is 2.23. The molecule has 8 nitrogen and oxygen atoms in total. The first-order chi connectivity index (χ1) is 9.81. The summed E-state index contributed by atoms with van der Waals surface area (Å²) in [7, 11) is 0. The maximum Gasteiger partial charge on any atom is 0.312 e. The number of aryl methyl sites for hydroxylation is 1. The minimum atomic E-state index is -0.545. The van der Waals surface area contributed by atoms with Crippen LogP contribution in [0.1, 0.15) is 21.7 Å². The summed E-state index contributed by atoms with van der Waals surface area (Å²) in [5.74, 6) is -0.977. The Bertz CT molecular complexity index is 736. The van der Waals surface area contributed by atoms with E-state index in [0.717, 1.165) is 6.07 Å². The average Bonchev–Trinajstić information content (AvgIpc) is 2.63. The first kappa shape index (κ1) is 14.5. The van der Waals surface area contributed by atoms with E-state index < -0.39 is 10.7 Å². The first-order valence-electron chi connectivity index (χ1n) is 6.05. The molecule has 8 heteroatoms. The van der Waals surface area contributed by atoms with Crippen LogP contribution < -0.4 is 0 Å². The van der Waals surface area contributed by atoms with E-state index in [4.69, 9.17) is 0 Å². The fourth-order valence-corrected chi connectivity index (χ4v) is 2.08. The molecule has 1 heterocycles. The Labute approximate surface area is 119 Å². The molecule has 0 aliphatic rings. The van der Waals surface area contributed by atoms with Gasteiger partial charge in [-0.1, -0.05) is 0 Å². The molecule has 0 unspecified atom stereocenters. The van der Waals surface area contributed by atoms with Gasteiger partial charge in [0.25, 0.3) is 0 Å². The second kappa shape index (κ2) is 5.23. The zero-order chi connectivity index (χ0) is 15.7. The van der Waals surface area contributed by atoms with E-state index in [2.05, 4.69) is 5.10 Å². The average molecular weight is 291 g/mol. The Hall–Kier alpha value is -2.90. The van der Waals surface area contributed by atoms with Crippen molar-refractivity contribution >= 4 is 11.5 Å². The molecule has 0 saturated carbocycles. The second-order valence-electron chi connectivity index (χ2n) is 4.56. The lowest BCUT2D eigenvalue weighted by atomic mass is 10.1. The summed E-state index contributed by atoms with van der Waals surface area (Å²) in [4.78, 5) is 22.5. The van der Waals surface area contributed by atoms with Gasteiger partial charge in [-0.15, -0.1) is 0 Å². The Morgan fingerprint density at radius 2 is 2.05 bits per heavy atom. The molecule has 0 radical (unpaired) electrons. The van der Waals surface area contributed by atoms with E-state index >= 15 is 0 Å². The third kappa shape index (κ3) is 2.69. The molecule has 2 N–H and O–H groups in total. The Morgan fingerprint density at radius 3 is 2.57 bits per heavy atom. The van der Waals surface area contributed by atoms with Gasteiger partial charge in [-0.25, -0.2) is 0 Å². The molecule has 21 heavy (non-hydrogen) atoms. The fourth-order valence-electron chi connectivity index (χ4n) is 2.08. The Balaban J connectivity index is 2.32. The van der Waals surface area contributed by atoms with Gasteiger partial charge in [-0.3, -0.25) is 19.6 Å². The van der Waals surface area contributed by atoms with Crippen LogP contribution in [0.5, 0.6) is 11.5 Å². The van der Waals surface area contributed by atoms with Crippen LogP contribution in [0.4, 0.5) is 5.69 Å². The van der Waals surface area contributed by atoms with Crippen LogP contribution in [0, 0.1) is 24.0 Å². The van der Waals surface area contributed by atoms with Gasteiger partial charge in [0.2, 0.25) is 0 Å². The second-order valence-corrected chi connectivity index (χ2v) is 4.56. The van der Waals surface area contributed by atoms with Crippen LogP contribution in [0.2, 0.25) is 0 Å². The van der Waals surface area contributed by atoms with Crippen molar-refractivity contribution in [2.75, 3.05) is 0 Å². The molecule has 0 aliphatic carbocycles. The number of nitrogens with zero attached hydrogens (tertiary/aromatic N) is 3. The van der Waals surface area contributed by atoms with Crippen molar-refractivity contribution in [3.63, 3.8) is 0 Å². The van der Waals surface area contributed by atoms with Crippen molar-refractivity contribution in [2.24, 2.45) is 0 Å². The summed E-state index contributed by atoms with van der Waals surface area (Å²) in [6.07, 6.45) is 0. The number of nitro groups is 1. The molecule has 0 spiro atoms. The number of phenolic OH excluding ortho intramolecular Hbond substituents is 2. The lowest BCUT2D eigenvalue weighted by Gasteiger charge is -2.05. The molecule has 2 rings (SSSR count). The summed E-state index contributed by atoms with van der Waals surface area (Å²) >= 11 is 0. The maximum absolute atomic E-state index is 12.1. The number of ketones is 1. The van der Waals surface area contributed by atoms with Gasteiger partial charge in [0, 0.05) is 6.07 Å². The third-order valence-electron chi connectivity index (χ3n) is 3.10. The molecule has 1 aromatic carbocycles. The van der Waals surface area contributed by atoms with E-state index in [-0.39, 0.29) is 40.7 Å². The SMILES string of the molecule is Cc1nn(CC(=O)c2ccc(O)cc2O)c(C)c1[N+](=O)[O-]. The number of Topliss-reactive ketones (excluding diaryl/α,β-unsaturated/α-hetero) is 1. The van der Waals surface area contributed by atoms with E-state index in [0.29, 0.717) is 0 Å². The van der Waals surface area contributed by atoms with Gasteiger partial charge >= 0.3 is 5.69 Å². The van der Waals surface area contributed by atoms with Crippen LogP contribution in [-0.2, 0) is 6.54 Å². The molecular weight excluding hydrogens is 278 g/mol. The zero-order valence-corrected chi connectivity index (χ0v) is 11.4. The monoisotopic (exact) mass is 291 g/mol. The minimum Gasteiger partial charge on any atom is -0.508 e. The molecule has 0 atom stereocenters. The molecule has 0 amide bonds. The summed E-state index contributed by atoms with van der Waals surface area (Å²) in [6, 6.07) is 3.61. The number of phenols is 2. The molecule has 110 valence electrons. The van der Waals surface area contributed by atoms with Gasteiger partial charge in [0.1, 0.15) is 29.4 Å². The molecule has 0 fully saturated rings.